The van der Waals surface area contributed by atoms with Crippen molar-refractivity contribution in [2.45, 2.75) is 141 Å². The molecule has 0 bridgehead atoms. The highest BCUT2D eigenvalue weighted by molar-refractivity contribution is 7.47. The maximum atomic E-state index is 12.6. The Kier molecular flexibility index (Phi) is 36.9. The molecule has 0 rings (SSSR count). The van der Waals surface area contributed by atoms with E-state index in [0.717, 1.165) is 51.4 Å². The van der Waals surface area contributed by atoms with Crippen molar-refractivity contribution in [1.29, 1.82) is 0 Å². The Hall–Kier alpha value is -3.90. The third kappa shape index (κ3) is 39.3. The SMILES string of the molecule is CC/C=C\C/C=C\C/C=C\C/C=C\C=C\C(O)CCCC(=O)OC[C@H](COP(=O)(O)OC[C@H](N)C(=O)O)OC(=O)CCC/C=C\C/C=C\C/C=C\C/C=C\CCCCC. The number of unbranched alkanes of at least 4 members (excludes halogenated alkanes) is 4. The van der Waals surface area contributed by atoms with Gasteiger partial charge in [0.1, 0.15) is 12.6 Å². The summed E-state index contributed by atoms with van der Waals surface area (Å²) < 4.78 is 32.4. The molecule has 0 aliphatic carbocycles. The normalized spacial score (nSPS) is 15.3. The van der Waals surface area contributed by atoms with E-state index in [1.807, 2.05) is 24.3 Å². The van der Waals surface area contributed by atoms with Crippen molar-refractivity contribution < 1.29 is 52.6 Å². The van der Waals surface area contributed by atoms with Gasteiger partial charge in [-0.1, -0.05) is 136 Å². The highest BCUT2D eigenvalue weighted by Crippen LogP contribution is 2.43. The molecule has 0 heterocycles. The molecule has 0 aromatic heterocycles. The minimum Gasteiger partial charge on any atom is -0.480 e. The van der Waals surface area contributed by atoms with Crippen LogP contribution in [-0.2, 0) is 37.5 Å². The molecule has 13 heteroatoms. The Bertz CT molecular complexity index is 1430. The number of hydrogen-bond acceptors (Lipinski definition) is 10. The molecule has 0 spiro atoms. The van der Waals surface area contributed by atoms with Crippen LogP contribution in [-0.4, -0.2) is 71.1 Å². The van der Waals surface area contributed by atoms with Crippen molar-refractivity contribution in [2.75, 3.05) is 19.8 Å². The first-order valence-electron chi connectivity index (χ1n) is 21.0. The van der Waals surface area contributed by atoms with E-state index in [2.05, 4.69) is 91.3 Å². The van der Waals surface area contributed by atoms with E-state index in [1.54, 1.807) is 12.2 Å². The number of carbonyl (C=O) groups excluding carboxylic acids is 2. The van der Waals surface area contributed by atoms with Gasteiger partial charge < -0.3 is 30.3 Å². The smallest absolute Gasteiger partial charge is 0.472 e. The highest BCUT2D eigenvalue weighted by atomic mass is 31.2. The van der Waals surface area contributed by atoms with Crippen molar-refractivity contribution in [3.63, 3.8) is 0 Å². The summed E-state index contributed by atoms with van der Waals surface area (Å²) in [6, 6.07) is -1.56. The molecule has 4 atom stereocenters. The number of carboxylic acid groups (broad SMARTS) is 1. The van der Waals surface area contributed by atoms with Crippen LogP contribution in [0.1, 0.15) is 123 Å². The number of ether oxygens (including phenoxy) is 2. The van der Waals surface area contributed by atoms with Crippen molar-refractivity contribution in [1.82, 2.24) is 0 Å². The molecule has 59 heavy (non-hydrogen) atoms. The van der Waals surface area contributed by atoms with Gasteiger partial charge in [-0.3, -0.25) is 23.4 Å². The van der Waals surface area contributed by atoms with Crippen molar-refractivity contribution in [2.24, 2.45) is 5.73 Å². The Balaban J connectivity index is 4.70. The van der Waals surface area contributed by atoms with E-state index in [9.17, 15) is 28.9 Å². The summed E-state index contributed by atoms with van der Waals surface area (Å²) in [7, 11) is -4.78. The quantitative estimate of drug-likeness (QED) is 0.0152. The van der Waals surface area contributed by atoms with Gasteiger partial charge in [-0.15, -0.1) is 0 Å². The third-order valence-electron chi connectivity index (χ3n) is 8.11. The molecular weight excluding hydrogens is 773 g/mol. The summed E-state index contributed by atoms with van der Waals surface area (Å²) in [4.78, 5) is 45.9. The van der Waals surface area contributed by atoms with Gasteiger partial charge in [0, 0.05) is 12.8 Å². The molecule has 0 aromatic rings. The number of phosphoric acid groups is 1. The van der Waals surface area contributed by atoms with E-state index in [0.29, 0.717) is 25.7 Å². The minimum absolute atomic E-state index is 0.0276. The topological polar surface area (TPSA) is 192 Å². The second-order valence-corrected chi connectivity index (χ2v) is 15.0. The zero-order valence-corrected chi connectivity index (χ0v) is 36.3. The van der Waals surface area contributed by atoms with Crippen LogP contribution in [0, 0.1) is 0 Å². The number of esters is 2. The van der Waals surface area contributed by atoms with Crippen LogP contribution in [0.2, 0.25) is 0 Å². The number of rotatable bonds is 37. The van der Waals surface area contributed by atoms with Crippen LogP contribution in [0.15, 0.2) is 109 Å². The predicted octanol–water partition coefficient (Wildman–Crippen LogP) is 10.0. The Morgan fingerprint density at radius 1 is 0.627 bits per heavy atom. The Morgan fingerprint density at radius 3 is 1.69 bits per heavy atom. The van der Waals surface area contributed by atoms with Crippen molar-refractivity contribution >= 4 is 25.7 Å². The summed E-state index contributed by atoms with van der Waals surface area (Å²) >= 11 is 0. The zero-order chi connectivity index (χ0) is 43.7. The van der Waals surface area contributed by atoms with Gasteiger partial charge in [0.15, 0.2) is 6.10 Å². The van der Waals surface area contributed by atoms with Gasteiger partial charge in [0.05, 0.1) is 19.3 Å². The first-order chi connectivity index (χ1) is 28.5. The minimum atomic E-state index is -4.78. The van der Waals surface area contributed by atoms with E-state index < -0.39 is 63.8 Å². The lowest BCUT2D eigenvalue weighted by Gasteiger charge is -2.20. The van der Waals surface area contributed by atoms with Crippen LogP contribution in [0.25, 0.3) is 0 Å². The molecule has 0 aliphatic heterocycles. The number of hydrogen-bond donors (Lipinski definition) is 4. The number of carboxylic acids is 1. The highest BCUT2D eigenvalue weighted by Gasteiger charge is 2.28. The first-order valence-corrected chi connectivity index (χ1v) is 22.5. The van der Waals surface area contributed by atoms with Gasteiger partial charge in [-0.05, 0) is 83.5 Å². The number of allylic oxidation sites excluding steroid dienone is 17. The van der Waals surface area contributed by atoms with Crippen molar-refractivity contribution in [3.05, 3.63) is 109 Å². The second-order valence-electron chi connectivity index (χ2n) is 13.6. The van der Waals surface area contributed by atoms with Crippen LogP contribution in [0.5, 0.6) is 0 Å². The molecule has 2 unspecified atom stereocenters. The average molecular weight is 846 g/mol. The van der Waals surface area contributed by atoms with Crippen LogP contribution < -0.4 is 5.73 Å². The number of nitrogens with two attached hydrogens (primary N) is 1. The molecule has 5 N–H and O–H groups in total. The number of aliphatic carboxylic acids is 1. The standard InChI is InChI=1S/C46H72NO11P/c1-3-5-7-9-11-13-15-17-18-19-20-22-24-26-28-30-32-36-45(50)58-42(39-56-59(53,54)57-40-43(47)46(51)52)38-55-44(49)37-33-35-41(48)34-31-29-27-25-23-21-16-14-12-10-8-6-4-2/h6,8,11-14,17-18,20-23,26-29,31,34,41-43,48H,3-5,7,9-10,15-16,19,24-25,30,32-33,35-40,47H2,1-2H3,(H,51,52)(H,53,54)/b8-6-,13-11-,14-12-,18-17-,22-20-,23-21-,28-26-,29-27-,34-31+/t41?,42-,43+/m1/s1. The van der Waals surface area contributed by atoms with Crippen LogP contribution in [0.4, 0.5) is 0 Å². The molecule has 0 amide bonds. The fraction of sp³-hybridized carbons (Fsp3) is 0.543. The van der Waals surface area contributed by atoms with Crippen molar-refractivity contribution in [3.8, 4) is 0 Å². The zero-order valence-electron chi connectivity index (χ0n) is 35.4. The number of carbonyl (C=O) groups is 3. The summed E-state index contributed by atoms with van der Waals surface area (Å²) in [6.45, 7) is 2.37. The number of aliphatic hydroxyl groups excluding tert-OH is 1. The fourth-order valence-corrected chi connectivity index (χ4v) is 5.57. The van der Waals surface area contributed by atoms with Crippen LogP contribution in [0.3, 0.4) is 0 Å². The monoisotopic (exact) mass is 845 g/mol. The molecule has 12 nitrogen and oxygen atoms in total. The molecule has 0 saturated carbocycles. The summed E-state index contributed by atoms with van der Waals surface area (Å²) in [5.74, 6) is -2.70. The molecule has 0 aliphatic rings. The lowest BCUT2D eigenvalue weighted by molar-refractivity contribution is -0.161. The fourth-order valence-electron chi connectivity index (χ4n) is 4.79. The van der Waals surface area contributed by atoms with E-state index in [1.165, 1.54) is 19.3 Å². The first kappa shape index (κ1) is 55.1. The maximum absolute atomic E-state index is 12.6. The lowest BCUT2D eigenvalue weighted by Crippen LogP contribution is -2.34. The summed E-state index contributed by atoms with van der Waals surface area (Å²) in [5.41, 5.74) is 5.31. The number of aliphatic hydroxyl groups is 1. The van der Waals surface area contributed by atoms with E-state index in [4.69, 9.17) is 24.8 Å². The number of phosphoric ester groups is 1. The van der Waals surface area contributed by atoms with Crippen LogP contribution >= 0.6 is 7.82 Å². The van der Waals surface area contributed by atoms with Gasteiger partial charge in [-0.2, -0.15) is 0 Å². The summed E-state index contributed by atoms with van der Waals surface area (Å²) in [5, 5.41) is 19.1. The largest absolute Gasteiger partial charge is 0.480 e. The molecule has 0 aromatic carbocycles. The van der Waals surface area contributed by atoms with Gasteiger partial charge >= 0.3 is 25.7 Å². The van der Waals surface area contributed by atoms with E-state index in [-0.39, 0.29) is 12.8 Å². The predicted molar refractivity (Wildman–Crippen MR) is 236 cm³/mol. The maximum Gasteiger partial charge on any atom is 0.472 e. The molecule has 0 radical (unpaired) electrons. The van der Waals surface area contributed by atoms with Gasteiger partial charge in [-0.25, -0.2) is 4.57 Å². The molecule has 0 saturated heterocycles. The lowest BCUT2D eigenvalue weighted by atomic mass is 10.1. The molecule has 0 fully saturated rings. The average Bonchev–Trinajstić information content (AvgIpc) is 3.20. The van der Waals surface area contributed by atoms with E-state index >= 15 is 0 Å². The third-order valence-corrected chi connectivity index (χ3v) is 9.06. The van der Waals surface area contributed by atoms with Gasteiger partial charge in [0.25, 0.3) is 0 Å². The van der Waals surface area contributed by atoms with Gasteiger partial charge in [0.2, 0.25) is 0 Å². The second kappa shape index (κ2) is 39.6. The molecular formula is C46H72NO11P. The Labute approximate surface area is 353 Å². The Morgan fingerprint density at radius 2 is 1.14 bits per heavy atom. The summed E-state index contributed by atoms with van der Waals surface area (Å²) in [6.07, 6.45) is 47.7. The molecule has 332 valence electrons.